The maximum absolute atomic E-state index is 11.9. The fraction of sp³-hybridized carbons (Fsp3) is 0.333. The number of amides is 1. The lowest BCUT2D eigenvalue weighted by atomic mass is 10.1. The standard InChI is InChI=1S/C18H20N2O4/c21-17(20-14-4-3-11-22-12-14)13-23-15-6-8-16(9-7-15)24-18-5-1-2-10-19-18/h1-2,5-10,14H,3-4,11-13H2,(H,20,21). The van der Waals surface area contributed by atoms with Crippen molar-refractivity contribution >= 4 is 5.91 Å². The van der Waals surface area contributed by atoms with Gasteiger partial charge in [0.15, 0.2) is 6.61 Å². The molecule has 1 fully saturated rings. The molecule has 1 aromatic heterocycles. The van der Waals surface area contributed by atoms with E-state index >= 15 is 0 Å². The highest BCUT2D eigenvalue weighted by Gasteiger charge is 2.16. The lowest BCUT2D eigenvalue weighted by Gasteiger charge is -2.23. The molecular weight excluding hydrogens is 308 g/mol. The predicted octanol–water partition coefficient (Wildman–Crippen LogP) is 2.55. The van der Waals surface area contributed by atoms with Gasteiger partial charge in [-0.1, -0.05) is 6.07 Å². The number of benzene rings is 1. The van der Waals surface area contributed by atoms with Gasteiger partial charge in [-0.2, -0.15) is 0 Å². The van der Waals surface area contributed by atoms with Gasteiger partial charge in [0.05, 0.1) is 12.6 Å². The smallest absolute Gasteiger partial charge is 0.258 e. The molecule has 1 atom stereocenters. The van der Waals surface area contributed by atoms with Crippen molar-refractivity contribution in [2.24, 2.45) is 0 Å². The number of pyridine rings is 1. The van der Waals surface area contributed by atoms with Gasteiger partial charge in [0, 0.05) is 18.9 Å². The van der Waals surface area contributed by atoms with Crippen LogP contribution in [-0.4, -0.2) is 36.8 Å². The van der Waals surface area contributed by atoms with E-state index in [1.54, 1.807) is 36.5 Å². The maximum Gasteiger partial charge on any atom is 0.258 e. The Morgan fingerprint density at radius 3 is 2.75 bits per heavy atom. The summed E-state index contributed by atoms with van der Waals surface area (Å²) in [6.45, 7) is 1.33. The molecule has 0 radical (unpaired) electrons. The molecule has 1 amide bonds. The first-order valence-electron chi connectivity index (χ1n) is 7.98. The highest BCUT2D eigenvalue weighted by atomic mass is 16.5. The zero-order valence-corrected chi connectivity index (χ0v) is 13.3. The molecular formula is C18H20N2O4. The minimum absolute atomic E-state index is 0.0169. The van der Waals surface area contributed by atoms with Crippen LogP contribution in [0.4, 0.5) is 0 Å². The van der Waals surface area contributed by atoms with Gasteiger partial charge in [0.1, 0.15) is 11.5 Å². The zero-order valence-electron chi connectivity index (χ0n) is 13.3. The minimum atomic E-state index is -0.140. The molecule has 126 valence electrons. The number of nitrogens with zero attached hydrogens (tertiary/aromatic N) is 1. The van der Waals surface area contributed by atoms with Crippen molar-refractivity contribution < 1.29 is 19.0 Å². The first-order valence-corrected chi connectivity index (χ1v) is 7.98. The number of hydrogen-bond acceptors (Lipinski definition) is 5. The second-order valence-electron chi connectivity index (χ2n) is 5.51. The molecule has 0 bridgehead atoms. The van der Waals surface area contributed by atoms with Gasteiger partial charge in [-0.3, -0.25) is 4.79 Å². The van der Waals surface area contributed by atoms with Gasteiger partial charge in [-0.15, -0.1) is 0 Å². The van der Waals surface area contributed by atoms with E-state index in [4.69, 9.17) is 14.2 Å². The summed E-state index contributed by atoms with van der Waals surface area (Å²) in [5, 5.41) is 2.91. The predicted molar refractivity (Wildman–Crippen MR) is 88.2 cm³/mol. The summed E-state index contributed by atoms with van der Waals surface area (Å²) >= 11 is 0. The molecule has 0 saturated carbocycles. The Morgan fingerprint density at radius 2 is 2.04 bits per heavy atom. The molecule has 1 aromatic carbocycles. The van der Waals surface area contributed by atoms with E-state index in [1.807, 2.05) is 12.1 Å². The number of ether oxygens (including phenoxy) is 3. The summed E-state index contributed by atoms with van der Waals surface area (Å²) in [6.07, 6.45) is 3.59. The monoisotopic (exact) mass is 328 g/mol. The molecule has 1 unspecified atom stereocenters. The molecule has 1 N–H and O–H groups in total. The van der Waals surface area contributed by atoms with Gasteiger partial charge < -0.3 is 19.5 Å². The normalized spacial score (nSPS) is 17.1. The van der Waals surface area contributed by atoms with E-state index in [1.165, 1.54) is 0 Å². The minimum Gasteiger partial charge on any atom is -0.484 e. The number of hydrogen-bond donors (Lipinski definition) is 1. The second-order valence-corrected chi connectivity index (χ2v) is 5.51. The van der Waals surface area contributed by atoms with Crippen molar-refractivity contribution in [3.05, 3.63) is 48.7 Å². The molecule has 6 heteroatoms. The molecule has 6 nitrogen and oxygen atoms in total. The molecule has 0 spiro atoms. The Hall–Kier alpha value is -2.60. The maximum atomic E-state index is 11.9. The summed E-state index contributed by atoms with van der Waals surface area (Å²) in [5.74, 6) is 1.66. The zero-order chi connectivity index (χ0) is 16.6. The van der Waals surface area contributed by atoms with Crippen molar-refractivity contribution in [3.63, 3.8) is 0 Å². The Kier molecular flexibility index (Phi) is 5.63. The summed E-state index contributed by atoms with van der Waals surface area (Å²) in [5.41, 5.74) is 0. The highest BCUT2D eigenvalue weighted by molar-refractivity contribution is 5.77. The van der Waals surface area contributed by atoms with Gasteiger partial charge >= 0.3 is 0 Å². The van der Waals surface area contributed by atoms with Crippen molar-refractivity contribution in [2.75, 3.05) is 19.8 Å². The third-order valence-electron chi connectivity index (χ3n) is 3.58. The lowest BCUT2D eigenvalue weighted by molar-refractivity contribution is -0.124. The highest BCUT2D eigenvalue weighted by Crippen LogP contribution is 2.22. The van der Waals surface area contributed by atoms with Crippen LogP contribution in [-0.2, 0) is 9.53 Å². The second kappa shape index (κ2) is 8.31. The molecule has 3 rings (SSSR count). The first kappa shape index (κ1) is 16.3. The largest absolute Gasteiger partial charge is 0.484 e. The molecule has 2 aromatic rings. The Morgan fingerprint density at radius 1 is 1.21 bits per heavy atom. The van der Waals surface area contributed by atoms with Crippen molar-refractivity contribution in [2.45, 2.75) is 18.9 Å². The van der Waals surface area contributed by atoms with Crippen LogP contribution in [0.5, 0.6) is 17.4 Å². The van der Waals surface area contributed by atoms with E-state index in [0.29, 0.717) is 24.0 Å². The average Bonchev–Trinajstić information content (AvgIpc) is 2.63. The summed E-state index contributed by atoms with van der Waals surface area (Å²) in [6, 6.07) is 12.6. The van der Waals surface area contributed by atoms with Crippen molar-refractivity contribution in [1.29, 1.82) is 0 Å². The van der Waals surface area contributed by atoms with Gasteiger partial charge in [-0.05, 0) is 43.2 Å². The van der Waals surface area contributed by atoms with Gasteiger partial charge in [0.2, 0.25) is 5.88 Å². The molecule has 1 aliphatic rings. The third kappa shape index (κ3) is 4.96. The van der Waals surface area contributed by atoms with Crippen LogP contribution in [0, 0.1) is 0 Å². The van der Waals surface area contributed by atoms with Crippen LogP contribution in [0.1, 0.15) is 12.8 Å². The van der Waals surface area contributed by atoms with Crippen LogP contribution in [0.2, 0.25) is 0 Å². The molecule has 1 saturated heterocycles. The Labute approximate surface area is 140 Å². The van der Waals surface area contributed by atoms with E-state index in [2.05, 4.69) is 10.3 Å². The van der Waals surface area contributed by atoms with E-state index < -0.39 is 0 Å². The van der Waals surface area contributed by atoms with Crippen molar-refractivity contribution in [1.82, 2.24) is 10.3 Å². The van der Waals surface area contributed by atoms with Crippen LogP contribution >= 0.6 is 0 Å². The van der Waals surface area contributed by atoms with Crippen molar-refractivity contribution in [3.8, 4) is 17.4 Å². The van der Waals surface area contributed by atoms with Gasteiger partial charge in [0.25, 0.3) is 5.91 Å². The number of carbonyl (C=O) groups excluding carboxylic acids is 1. The van der Waals surface area contributed by atoms with Crippen LogP contribution in [0.3, 0.4) is 0 Å². The number of aromatic nitrogens is 1. The summed E-state index contributed by atoms with van der Waals surface area (Å²) < 4.78 is 16.4. The quantitative estimate of drug-likeness (QED) is 0.882. The van der Waals surface area contributed by atoms with E-state index in [-0.39, 0.29) is 18.6 Å². The van der Waals surface area contributed by atoms with Crippen LogP contribution in [0.25, 0.3) is 0 Å². The van der Waals surface area contributed by atoms with Gasteiger partial charge in [-0.25, -0.2) is 4.98 Å². The fourth-order valence-electron chi connectivity index (χ4n) is 2.40. The average molecular weight is 328 g/mol. The first-order chi connectivity index (χ1) is 11.8. The number of rotatable bonds is 6. The van der Waals surface area contributed by atoms with Crippen LogP contribution in [0.15, 0.2) is 48.7 Å². The number of nitrogens with one attached hydrogen (secondary N) is 1. The van der Waals surface area contributed by atoms with E-state index in [0.717, 1.165) is 19.4 Å². The van der Waals surface area contributed by atoms with E-state index in [9.17, 15) is 4.79 Å². The molecule has 2 heterocycles. The Bertz CT molecular complexity index is 640. The molecule has 0 aliphatic carbocycles. The SMILES string of the molecule is O=C(COc1ccc(Oc2ccccn2)cc1)NC1CCCOC1. The molecule has 24 heavy (non-hydrogen) atoms. The number of carbonyl (C=O) groups is 1. The summed E-state index contributed by atoms with van der Waals surface area (Å²) in [4.78, 5) is 16.0. The Balaban J connectivity index is 1.44. The fourth-order valence-corrected chi connectivity index (χ4v) is 2.40. The molecule has 1 aliphatic heterocycles. The summed E-state index contributed by atoms with van der Waals surface area (Å²) in [7, 11) is 0. The third-order valence-corrected chi connectivity index (χ3v) is 3.58. The topological polar surface area (TPSA) is 69.7 Å². The van der Waals surface area contributed by atoms with Crippen LogP contribution < -0.4 is 14.8 Å². The lowest BCUT2D eigenvalue weighted by Crippen LogP contribution is -2.42.